The Hall–Kier alpha value is -3.19. The summed E-state index contributed by atoms with van der Waals surface area (Å²) in [6, 6.07) is 22.0. The van der Waals surface area contributed by atoms with E-state index in [1.807, 2.05) is 55.5 Å². The summed E-state index contributed by atoms with van der Waals surface area (Å²) >= 11 is 1.63. The first-order chi connectivity index (χ1) is 15.7. The van der Waals surface area contributed by atoms with Crippen LogP contribution in [0.15, 0.2) is 78.0 Å². The third-order valence-corrected chi connectivity index (χ3v) is 5.69. The molecule has 0 aliphatic carbocycles. The fourth-order valence-electron chi connectivity index (χ4n) is 3.28. The Kier molecular flexibility index (Phi) is 7.51. The number of thioether (sulfide) groups is 1. The van der Waals surface area contributed by atoms with Crippen LogP contribution in [0.1, 0.15) is 6.92 Å². The van der Waals surface area contributed by atoms with E-state index < -0.39 is 0 Å². The molecule has 0 fully saturated rings. The van der Waals surface area contributed by atoms with Gasteiger partial charge < -0.3 is 18.8 Å². The molecule has 0 unspecified atom stereocenters. The van der Waals surface area contributed by atoms with Crippen molar-refractivity contribution >= 4 is 22.8 Å². The Balaban J connectivity index is 1.36. The number of benzene rings is 3. The lowest BCUT2D eigenvalue weighted by atomic mass is 10.3. The van der Waals surface area contributed by atoms with Gasteiger partial charge in [0, 0.05) is 5.75 Å². The van der Waals surface area contributed by atoms with Crippen LogP contribution in [0, 0.1) is 5.82 Å². The molecule has 7 heteroatoms. The van der Waals surface area contributed by atoms with E-state index in [0.717, 1.165) is 33.4 Å². The highest BCUT2D eigenvalue weighted by Crippen LogP contribution is 2.25. The Bertz CT molecular complexity index is 1150. The number of hydrogen-bond acceptors (Lipinski definition) is 5. The van der Waals surface area contributed by atoms with E-state index in [-0.39, 0.29) is 11.6 Å². The van der Waals surface area contributed by atoms with Crippen LogP contribution in [-0.4, -0.2) is 35.1 Å². The zero-order valence-corrected chi connectivity index (χ0v) is 18.7. The van der Waals surface area contributed by atoms with Crippen LogP contribution >= 0.6 is 11.8 Å². The first-order valence-corrected chi connectivity index (χ1v) is 11.5. The summed E-state index contributed by atoms with van der Waals surface area (Å²) in [6.45, 7) is 4.06. The Morgan fingerprint density at radius 1 is 0.844 bits per heavy atom. The summed E-state index contributed by atoms with van der Waals surface area (Å²) in [7, 11) is 0. The van der Waals surface area contributed by atoms with Gasteiger partial charge in [0.25, 0.3) is 0 Å². The molecule has 5 nitrogen and oxygen atoms in total. The van der Waals surface area contributed by atoms with E-state index in [0.29, 0.717) is 26.4 Å². The highest BCUT2D eigenvalue weighted by Gasteiger charge is 2.12. The minimum atomic E-state index is -0.357. The standard InChI is InChI=1S/C25H25FN2O3S/c1-2-29-19-11-13-20(14-12-19)30-17-18-32-25-27-22-8-4-5-9-23(22)28(25)15-16-31-24-10-6-3-7-21(24)26/h3-14H,2,15-18H2,1H3. The largest absolute Gasteiger partial charge is 0.494 e. The molecular formula is C25H25FN2O3S. The van der Waals surface area contributed by atoms with Gasteiger partial charge in [0.15, 0.2) is 16.7 Å². The zero-order chi connectivity index (χ0) is 22.2. The summed E-state index contributed by atoms with van der Waals surface area (Å²) in [4.78, 5) is 4.76. The van der Waals surface area contributed by atoms with Gasteiger partial charge in [-0.1, -0.05) is 36.0 Å². The number of nitrogens with zero attached hydrogens (tertiary/aromatic N) is 2. The normalized spacial score (nSPS) is 10.9. The van der Waals surface area contributed by atoms with Crippen LogP contribution in [0.25, 0.3) is 11.0 Å². The molecule has 4 aromatic rings. The third kappa shape index (κ3) is 5.53. The van der Waals surface area contributed by atoms with Crippen LogP contribution in [0.2, 0.25) is 0 Å². The van der Waals surface area contributed by atoms with Crippen LogP contribution < -0.4 is 14.2 Å². The van der Waals surface area contributed by atoms with Crippen molar-refractivity contribution in [1.82, 2.24) is 9.55 Å². The van der Waals surface area contributed by atoms with E-state index in [9.17, 15) is 4.39 Å². The minimum absolute atomic E-state index is 0.259. The van der Waals surface area contributed by atoms with E-state index in [1.54, 1.807) is 30.0 Å². The van der Waals surface area contributed by atoms with E-state index in [4.69, 9.17) is 19.2 Å². The lowest BCUT2D eigenvalue weighted by Gasteiger charge is -2.11. The van der Waals surface area contributed by atoms with Gasteiger partial charge >= 0.3 is 0 Å². The lowest BCUT2D eigenvalue weighted by molar-refractivity contribution is 0.282. The van der Waals surface area contributed by atoms with E-state index >= 15 is 0 Å². The molecule has 0 saturated heterocycles. The minimum Gasteiger partial charge on any atom is -0.494 e. The van der Waals surface area contributed by atoms with Gasteiger partial charge in [-0.05, 0) is 55.5 Å². The number of rotatable bonds is 11. The molecule has 0 spiro atoms. The number of halogens is 1. The van der Waals surface area contributed by atoms with Gasteiger partial charge in [-0.15, -0.1) is 0 Å². The highest BCUT2D eigenvalue weighted by atomic mass is 32.2. The summed E-state index contributed by atoms with van der Waals surface area (Å²) in [6.07, 6.45) is 0. The molecule has 0 atom stereocenters. The van der Waals surface area contributed by atoms with Gasteiger partial charge in [-0.3, -0.25) is 0 Å². The average molecular weight is 453 g/mol. The highest BCUT2D eigenvalue weighted by molar-refractivity contribution is 7.99. The molecule has 1 heterocycles. The Morgan fingerprint density at radius 2 is 1.56 bits per heavy atom. The molecule has 3 aromatic carbocycles. The maximum absolute atomic E-state index is 13.8. The second kappa shape index (κ2) is 10.9. The summed E-state index contributed by atoms with van der Waals surface area (Å²) < 4.78 is 32.9. The van der Waals surface area contributed by atoms with Crippen LogP contribution in [0.3, 0.4) is 0 Å². The number of ether oxygens (including phenoxy) is 3. The molecule has 32 heavy (non-hydrogen) atoms. The number of aromatic nitrogens is 2. The monoisotopic (exact) mass is 452 g/mol. The zero-order valence-electron chi connectivity index (χ0n) is 17.9. The first kappa shape index (κ1) is 22.0. The first-order valence-electron chi connectivity index (χ1n) is 10.6. The van der Waals surface area contributed by atoms with Crippen LogP contribution in [0.4, 0.5) is 4.39 Å². The molecule has 0 radical (unpaired) electrons. The number of fused-ring (bicyclic) bond motifs is 1. The van der Waals surface area contributed by atoms with Gasteiger partial charge in [-0.2, -0.15) is 0 Å². The third-order valence-electron chi connectivity index (χ3n) is 4.75. The van der Waals surface area contributed by atoms with Crippen molar-refractivity contribution in [3.63, 3.8) is 0 Å². The van der Waals surface area contributed by atoms with Crippen molar-refractivity contribution in [3.8, 4) is 17.2 Å². The molecule has 0 saturated carbocycles. The molecule has 0 aliphatic heterocycles. The van der Waals surface area contributed by atoms with Crippen LogP contribution in [-0.2, 0) is 6.54 Å². The molecule has 0 amide bonds. The number of imidazole rings is 1. The van der Waals surface area contributed by atoms with Crippen LogP contribution in [0.5, 0.6) is 17.2 Å². The molecule has 166 valence electrons. The number of hydrogen-bond donors (Lipinski definition) is 0. The van der Waals surface area contributed by atoms with Gasteiger partial charge in [-0.25, -0.2) is 9.37 Å². The van der Waals surface area contributed by atoms with Crippen molar-refractivity contribution in [2.45, 2.75) is 18.6 Å². The molecule has 1 aromatic heterocycles. The fraction of sp³-hybridized carbons (Fsp3) is 0.240. The van der Waals surface area contributed by atoms with Crippen molar-refractivity contribution in [1.29, 1.82) is 0 Å². The quantitative estimate of drug-likeness (QED) is 0.212. The van der Waals surface area contributed by atoms with Crippen molar-refractivity contribution in [2.75, 3.05) is 25.6 Å². The summed E-state index contributed by atoms with van der Waals surface area (Å²) in [5, 5.41) is 0.888. The van der Waals surface area contributed by atoms with Gasteiger partial charge in [0.1, 0.15) is 18.1 Å². The maximum atomic E-state index is 13.8. The summed E-state index contributed by atoms with van der Waals surface area (Å²) in [5.41, 5.74) is 1.95. The average Bonchev–Trinajstić information content (AvgIpc) is 3.17. The molecule has 0 bridgehead atoms. The van der Waals surface area contributed by atoms with Crippen molar-refractivity contribution in [2.24, 2.45) is 0 Å². The van der Waals surface area contributed by atoms with Crippen molar-refractivity contribution in [3.05, 3.63) is 78.6 Å². The Morgan fingerprint density at radius 3 is 2.34 bits per heavy atom. The Labute approximate surface area is 191 Å². The number of para-hydroxylation sites is 3. The lowest BCUT2D eigenvalue weighted by Crippen LogP contribution is -2.10. The molecule has 4 rings (SSSR count). The molecular weight excluding hydrogens is 427 g/mol. The summed E-state index contributed by atoms with van der Waals surface area (Å²) in [5.74, 6) is 2.28. The van der Waals surface area contributed by atoms with Gasteiger partial charge in [0.05, 0.1) is 30.8 Å². The predicted molar refractivity (Wildman–Crippen MR) is 125 cm³/mol. The maximum Gasteiger partial charge on any atom is 0.169 e. The van der Waals surface area contributed by atoms with Gasteiger partial charge in [0.2, 0.25) is 0 Å². The topological polar surface area (TPSA) is 45.5 Å². The van der Waals surface area contributed by atoms with E-state index in [1.165, 1.54) is 6.07 Å². The second-order valence-corrected chi connectivity index (χ2v) is 7.98. The molecule has 0 N–H and O–H groups in total. The van der Waals surface area contributed by atoms with E-state index in [2.05, 4.69) is 4.57 Å². The predicted octanol–water partition coefficient (Wildman–Crippen LogP) is 5.82. The SMILES string of the molecule is CCOc1ccc(OCCSc2nc3ccccc3n2CCOc2ccccc2F)cc1. The van der Waals surface area contributed by atoms with Crippen molar-refractivity contribution < 1.29 is 18.6 Å². The fourth-order valence-corrected chi connectivity index (χ4v) is 4.14. The molecule has 0 aliphatic rings. The second-order valence-electron chi connectivity index (χ2n) is 6.91. The smallest absolute Gasteiger partial charge is 0.169 e.